The van der Waals surface area contributed by atoms with Gasteiger partial charge in [-0.25, -0.2) is 0 Å². The minimum atomic E-state index is -0.946. The zero-order valence-electron chi connectivity index (χ0n) is 10.1. The normalized spacial score (nSPS) is 13.7. The molecule has 0 aliphatic heterocycles. The molecule has 0 radical (unpaired) electrons. The van der Waals surface area contributed by atoms with Gasteiger partial charge in [0.05, 0.1) is 5.92 Å². The molecule has 0 saturated heterocycles. The van der Waals surface area contributed by atoms with Crippen LogP contribution in [-0.4, -0.2) is 23.0 Å². The SMILES string of the molecule is CC(NC(=O)c1ccc(Br)c(N)c1)C(C)C(=O)O. The monoisotopic (exact) mass is 314 g/mol. The Morgan fingerprint density at radius 1 is 1.39 bits per heavy atom. The molecule has 6 heteroatoms. The van der Waals surface area contributed by atoms with E-state index in [9.17, 15) is 9.59 Å². The summed E-state index contributed by atoms with van der Waals surface area (Å²) in [6.07, 6.45) is 0. The van der Waals surface area contributed by atoms with Gasteiger partial charge in [0, 0.05) is 21.8 Å². The number of aliphatic carboxylic acids is 1. The predicted molar refractivity (Wildman–Crippen MR) is 72.3 cm³/mol. The number of hydrogen-bond acceptors (Lipinski definition) is 3. The van der Waals surface area contributed by atoms with E-state index in [4.69, 9.17) is 10.8 Å². The third-order valence-electron chi connectivity index (χ3n) is 2.76. The number of nitrogens with one attached hydrogen (secondary N) is 1. The average molecular weight is 315 g/mol. The van der Waals surface area contributed by atoms with E-state index >= 15 is 0 Å². The molecule has 1 rings (SSSR count). The molecular weight excluding hydrogens is 300 g/mol. The number of carbonyl (C=O) groups excluding carboxylic acids is 1. The first kappa shape index (κ1) is 14.5. The zero-order valence-corrected chi connectivity index (χ0v) is 11.7. The van der Waals surface area contributed by atoms with Crippen LogP contribution in [-0.2, 0) is 4.79 Å². The van der Waals surface area contributed by atoms with Crippen LogP contribution in [0.1, 0.15) is 24.2 Å². The molecule has 0 aliphatic rings. The van der Waals surface area contributed by atoms with Gasteiger partial charge in [-0.15, -0.1) is 0 Å². The fourth-order valence-electron chi connectivity index (χ4n) is 1.31. The second-order valence-corrected chi connectivity index (χ2v) is 4.98. The van der Waals surface area contributed by atoms with Crippen LogP contribution in [0.4, 0.5) is 5.69 Å². The van der Waals surface area contributed by atoms with Gasteiger partial charge in [-0.05, 0) is 48.0 Å². The molecular formula is C12H15BrN2O3. The van der Waals surface area contributed by atoms with E-state index in [1.54, 1.807) is 26.0 Å². The van der Waals surface area contributed by atoms with Crippen LogP contribution in [0, 0.1) is 5.92 Å². The van der Waals surface area contributed by atoms with E-state index in [-0.39, 0.29) is 5.91 Å². The number of anilines is 1. The zero-order chi connectivity index (χ0) is 13.9. The number of halogens is 1. The number of carboxylic acid groups (broad SMARTS) is 1. The molecule has 0 aromatic heterocycles. The van der Waals surface area contributed by atoms with Crippen molar-refractivity contribution in [3.8, 4) is 0 Å². The van der Waals surface area contributed by atoms with Gasteiger partial charge < -0.3 is 16.2 Å². The van der Waals surface area contributed by atoms with Gasteiger partial charge in [-0.1, -0.05) is 0 Å². The molecule has 18 heavy (non-hydrogen) atoms. The largest absolute Gasteiger partial charge is 0.481 e. The third kappa shape index (κ3) is 3.46. The van der Waals surface area contributed by atoms with Crippen molar-refractivity contribution in [1.82, 2.24) is 5.32 Å². The molecule has 0 saturated carbocycles. The highest BCUT2D eigenvalue weighted by Gasteiger charge is 2.21. The highest BCUT2D eigenvalue weighted by molar-refractivity contribution is 9.10. The summed E-state index contributed by atoms with van der Waals surface area (Å²) in [5, 5.41) is 11.5. The Balaban J connectivity index is 2.76. The van der Waals surface area contributed by atoms with Crippen LogP contribution in [0.25, 0.3) is 0 Å². The van der Waals surface area contributed by atoms with Gasteiger partial charge in [0.15, 0.2) is 0 Å². The topological polar surface area (TPSA) is 92.4 Å². The van der Waals surface area contributed by atoms with E-state index in [1.165, 1.54) is 6.07 Å². The quantitative estimate of drug-likeness (QED) is 0.740. The summed E-state index contributed by atoms with van der Waals surface area (Å²) >= 11 is 3.24. The first-order valence-electron chi connectivity index (χ1n) is 5.41. The molecule has 0 heterocycles. The fraction of sp³-hybridized carbons (Fsp3) is 0.333. The van der Waals surface area contributed by atoms with E-state index in [1.807, 2.05) is 0 Å². The van der Waals surface area contributed by atoms with Gasteiger partial charge in [0.25, 0.3) is 5.91 Å². The van der Waals surface area contributed by atoms with Crippen molar-refractivity contribution >= 4 is 33.5 Å². The number of carboxylic acids is 1. The molecule has 1 amide bonds. The van der Waals surface area contributed by atoms with E-state index in [2.05, 4.69) is 21.2 Å². The Morgan fingerprint density at radius 3 is 2.50 bits per heavy atom. The lowest BCUT2D eigenvalue weighted by Crippen LogP contribution is -2.40. The summed E-state index contributed by atoms with van der Waals surface area (Å²) < 4.78 is 0.714. The fourth-order valence-corrected chi connectivity index (χ4v) is 1.56. The Hall–Kier alpha value is -1.56. The molecule has 0 fully saturated rings. The van der Waals surface area contributed by atoms with Crippen LogP contribution in [0.15, 0.2) is 22.7 Å². The lowest BCUT2D eigenvalue weighted by atomic mass is 10.0. The Bertz CT molecular complexity index is 476. The third-order valence-corrected chi connectivity index (χ3v) is 3.48. The number of benzene rings is 1. The summed E-state index contributed by atoms with van der Waals surface area (Å²) in [6, 6.07) is 4.38. The maximum atomic E-state index is 11.9. The molecule has 98 valence electrons. The predicted octanol–water partition coefficient (Wildman–Crippen LogP) is 1.87. The molecule has 5 nitrogen and oxygen atoms in total. The standard InChI is InChI=1S/C12H15BrN2O3/c1-6(12(17)18)7(2)15-11(16)8-3-4-9(13)10(14)5-8/h3-7H,14H2,1-2H3,(H,15,16)(H,17,18). The second-order valence-electron chi connectivity index (χ2n) is 4.13. The van der Waals surface area contributed by atoms with Crippen LogP contribution in [0.3, 0.4) is 0 Å². The lowest BCUT2D eigenvalue weighted by Gasteiger charge is -2.17. The van der Waals surface area contributed by atoms with Gasteiger partial charge >= 0.3 is 5.97 Å². The summed E-state index contributed by atoms with van der Waals surface area (Å²) in [4.78, 5) is 22.7. The second kappa shape index (κ2) is 5.86. The number of nitrogen functional groups attached to an aromatic ring is 1. The van der Waals surface area contributed by atoms with Crippen LogP contribution < -0.4 is 11.1 Å². The van der Waals surface area contributed by atoms with Crippen molar-refractivity contribution in [3.05, 3.63) is 28.2 Å². The Kier molecular flexibility index (Phi) is 4.72. The van der Waals surface area contributed by atoms with Crippen LogP contribution in [0.5, 0.6) is 0 Å². The minimum absolute atomic E-state index is 0.338. The summed E-state index contributed by atoms with van der Waals surface area (Å²) in [7, 11) is 0. The maximum Gasteiger partial charge on any atom is 0.308 e. The molecule has 1 aromatic rings. The lowest BCUT2D eigenvalue weighted by molar-refractivity contribution is -0.141. The van der Waals surface area contributed by atoms with Crippen LogP contribution >= 0.6 is 15.9 Å². The summed E-state index contributed by atoms with van der Waals surface area (Å²) in [5.74, 6) is -1.94. The molecule has 4 N–H and O–H groups in total. The Morgan fingerprint density at radius 2 is 2.00 bits per heavy atom. The smallest absolute Gasteiger partial charge is 0.308 e. The van der Waals surface area contributed by atoms with Gasteiger partial charge in [-0.3, -0.25) is 9.59 Å². The maximum absolute atomic E-state index is 11.9. The van der Waals surface area contributed by atoms with Crippen LogP contribution in [0.2, 0.25) is 0 Å². The number of hydrogen-bond donors (Lipinski definition) is 3. The van der Waals surface area contributed by atoms with Crippen molar-refractivity contribution in [2.45, 2.75) is 19.9 Å². The van der Waals surface area contributed by atoms with E-state index in [0.29, 0.717) is 15.7 Å². The molecule has 0 spiro atoms. The van der Waals surface area contributed by atoms with Crippen molar-refractivity contribution < 1.29 is 14.7 Å². The highest BCUT2D eigenvalue weighted by Crippen LogP contribution is 2.20. The number of carbonyl (C=O) groups is 2. The van der Waals surface area contributed by atoms with Crippen molar-refractivity contribution in [2.24, 2.45) is 5.92 Å². The van der Waals surface area contributed by atoms with Gasteiger partial charge in [0.1, 0.15) is 0 Å². The summed E-state index contributed by atoms with van der Waals surface area (Å²) in [6.45, 7) is 3.20. The van der Waals surface area contributed by atoms with E-state index < -0.39 is 17.9 Å². The molecule has 2 unspecified atom stereocenters. The first-order chi connectivity index (χ1) is 8.32. The van der Waals surface area contributed by atoms with Crippen molar-refractivity contribution in [1.29, 1.82) is 0 Å². The molecule has 0 aliphatic carbocycles. The Labute approximate surface area is 113 Å². The first-order valence-corrected chi connectivity index (χ1v) is 6.21. The number of nitrogens with two attached hydrogens (primary N) is 1. The minimum Gasteiger partial charge on any atom is -0.481 e. The molecule has 1 aromatic carbocycles. The number of amides is 1. The molecule has 2 atom stereocenters. The number of rotatable bonds is 4. The average Bonchev–Trinajstić information content (AvgIpc) is 2.31. The highest BCUT2D eigenvalue weighted by atomic mass is 79.9. The van der Waals surface area contributed by atoms with Gasteiger partial charge in [0.2, 0.25) is 0 Å². The van der Waals surface area contributed by atoms with Crippen molar-refractivity contribution in [2.75, 3.05) is 5.73 Å². The van der Waals surface area contributed by atoms with Crippen molar-refractivity contribution in [3.63, 3.8) is 0 Å². The van der Waals surface area contributed by atoms with Gasteiger partial charge in [-0.2, -0.15) is 0 Å². The van der Waals surface area contributed by atoms with E-state index in [0.717, 1.165) is 0 Å². The molecule has 0 bridgehead atoms. The summed E-state index contributed by atoms with van der Waals surface area (Å²) in [5.41, 5.74) is 6.54.